The van der Waals surface area contributed by atoms with Crippen molar-refractivity contribution in [2.45, 2.75) is 0 Å². The number of benzene rings is 2. The second kappa shape index (κ2) is 5.79. The molecular formula is C15H13N2NaO2. The first kappa shape index (κ1) is 14.8. The van der Waals surface area contributed by atoms with Gasteiger partial charge in [-0.25, -0.2) is 0 Å². The van der Waals surface area contributed by atoms with Gasteiger partial charge in [0.2, 0.25) is 0 Å². The summed E-state index contributed by atoms with van der Waals surface area (Å²) in [5.41, 5.74) is 0.485. The van der Waals surface area contributed by atoms with E-state index >= 15 is 0 Å². The molecule has 0 aliphatic heterocycles. The molecule has 5 heteroatoms. The van der Waals surface area contributed by atoms with Crippen LogP contribution in [0.15, 0.2) is 58.5 Å². The molecule has 0 spiro atoms. The first-order valence-corrected chi connectivity index (χ1v) is 5.93. The number of fused-ring (bicyclic) bond motifs is 3. The maximum absolute atomic E-state index is 12.3. The van der Waals surface area contributed by atoms with E-state index < -0.39 is 0 Å². The third-order valence-electron chi connectivity index (χ3n) is 3.34. The minimum atomic E-state index is -0.320. The van der Waals surface area contributed by atoms with Gasteiger partial charge in [-0.1, -0.05) is 47.6 Å². The monoisotopic (exact) mass is 276 g/mol. The fourth-order valence-corrected chi connectivity index (χ4v) is 2.40. The van der Waals surface area contributed by atoms with Crippen LogP contribution in [0.3, 0.4) is 0 Å². The zero-order valence-corrected chi connectivity index (χ0v) is 13.4. The van der Waals surface area contributed by atoms with E-state index in [9.17, 15) is 10.0 Å². The Bertz CT molecular complexity index is 922. The van der Waals surface area contributed by atoms with E-state index in [-0.39, 0.29) is 41.9 Å². The van der Waals surface area contributed by atoms with Gasteiger partial charge in [0, 0.05) is 17.8 Å². The quantitative estimate of drug-likeness (QED) is 0.329. The summed E-state index contributed by atoms with van der Waals surface area (Å²) in [6.07, 6.45) is 0. The number of rotatable bonds is 0. The average molecular weight is 276 g/mol. The van der Waals surface area contributed by atoms with E-state index in [0.29, 0.717) is 5.39 Å². The molecule has 0 fully saturated rings. The van der Waals surface area contributed by atoms with Crippen molar-refractivity contribution in [3.63, 3.8) is 0 Å². The Morgan fingerprint density at radius 3 is 2.20 bits per heavy atom. The van der Waals surface area contributed by atoms with Crippen molar-refractivity contribution in [1.82, 2.24) is 4.57 Å². The van der Waals surface area contributed by atoms with Gasteiger partial charge in [0.25, 0.3) is 5.56 Å². The Morgan fingerprint density at radius 2 is 1.55 bits per heavy atom. The molecule has 0 unspecified atom stereocenters. The Balaban J connectivity index is 0.00000110. The van der Waals surface area contributed by atoms with Crippen molar-refractivity contribution in [2.75, 3.05) is 0 Å². The molecule has 3 aromatic rings. The van der Waals surface area contributed by atoms with Crippen LogP contribution in [0, 0.1) is 0 Å². The Hall–Kier alpha value is -1.62. The molecule has 1 heterocycles. The zero-order valence-electron chi connectivity index (χ0n) is 12.4. The molecule has 3 rings (SSSR count). The number of hydrogen-bond donors (Lipinski definition) is 1. The molecule has 0 atom stereocenters. The normalized spacial score (nSPS) is 11.6. The molecule has 0 bridgehead atoms. The Kier molecular flexibility index (Phi) is 4.28. The van der Waals surface area contributed by atoms with Crippen molar-refractivity contribution >= 4 is 21.7 Å². The van der Waals surface area contributed by atoms with Crippen molar-refractivity contribution < 1.29 is 36.2 Å². The summed E-state index contributed by atoms with van der Waals surface area (Å²) in [7, 11) is 1.68. The standard InChI is InChI=1S/C15H12N2O2.Na.H/c1-17-13-9-5-4-7-11(13)10-6-2-3-8-12(10)14(16-19)15(17)18;;/h2-9,19H,1H3;;/q;+1;-1. The van der Waals surface area contributed by atoms with Gasteiger partial charge in [0.1, 0.15) is 0 Å². The number of hydrogen-bond acceptors (Lipinski definition) is 3. The summed E-state index contributed by atoms with van der Waals surface area (Å²) in [5.74, 6) is 0. The molecule has 4 nitrogen and oxygen atoms in total. The van der Waals surface area contributed by atoms with E-state index in [1.807, 2.05) is 42.5 Å². The molecule has 0 radical (unpaired) electrons. The number of nitrogens with zero attached hydrogens (tertiary/aromatic N) is 2. The van der Waals surface area contributed by atoms with Crippen molar-refractivity contribution in [3.8, 4) is 0 Å². The van der Waals surface area contributed by atoms with Gasteiger partial charge in [-0.15, -0.1) is 0 Å². The minimum absolute atomic E-state index is 0. The van der Waals surface area contributed by atoms with Crippen LogP contribution >= 0.6 is 0 Å². The van der Waals surface area contributed by atoms with Crippen LogP contribution in [0.4, 0.5) is 0 Å². The molecule has 1 aromatic heterocycles. The molecule has 0 saturated carbocycles. The maximum Gasteiger partial charge on any atom is 1.00 e. The fourth-order valence-electron chi connectivity index (χ4n) is 2.40. The summed E-state index contributed by atoms with van der Waals surface area (Å²) in [5, 5.41) is 14.9. The molecule has 0 aliphatic rings. The number of aromatic nitrogens is 1. The van der Waals surface area contributed by atoms with E-state index in [1.165, 1.54) is 4.57 Å². The molecule has 1 N–H and O–H groups in total. The van der Waals surface area contributed by atoms with Gasteiger partial charge in [-0.3, -0.25) is 4.79 Å². The van der Waals surface area contributed by atoms with Crippen molar-refractivity contribution in [2.24, 2.45) is 12.2 Å². The number of para-hydroxylation sites is 1. The summed E-state index contributed by atoms with van der Waals surface area (Å²) >= 11 is 0. The van der Waals surface area contributed by atoms with E-state index in [4.69, 9.17) is 0 Å². The Morgan fingerprint density at radius 1 is 1.00 bits per heavy atom. The summed E-state index contributed by atoms with van der Waals surface area (Å²) in [6, 6.07) is 15.1. The molecular weight excluding hydrogens is 263 g/mol. The Labute approximate surface area is 138 Å². The van der Waals surface area contributed by atoms with E-state index in [1.54, 1.807) is 13.1 Å². The predicted molar refractivity (Wildman–Crippen MR) is 75.2 cm³/mol. The molecule has 2 aromatic carbocycles. The minimum Gasteiger partial charge on any atom is -1.00 e. The van der Waals surface area contributed by atoms with E-state index in [2.05, 4.69) is 5.16 Å². The van der Waals surface area contributed by atoms with Gasteiger partial charge >= 0.3 is 29.6 Å². The molecule has 0 aliphatic carbocycles. The van der Waals surface area contributed by atoms with Gasteiger partial charge in [-0.2, -0.15) is 0 Å². The van der Waals surface area contributed by atoms with Crippen molar-refractivity contribution in [1.29, 1.82) is 0 Å². The first-order valence-electron chi connectivity index (χ1n) is 5.93. The van der Waals surface area contributed by atoms with Crippen LogP contribution in [0.2, 0.25) is 0 Å². The summed E-state index contributed by atoms with van der Waals surface area (Å²) in [4.78, 5) is 12.3. The maximum atomic E-state index is 12.3. The van der Waals surface area contributed by atoms with Crippen LogP contribution in [0.1, 0.15) is 1.43 Å². The second-order valence-corrected chi connectivity index (χ2v) is 4.38. The molecule has 0 saturated heterocycles. The second-order valence-electron chi connectivity index (χ2n) is 4.38. The molecule has 96 valence electrons. The van der Waals surface area contributed by atoms with Crippen LogP contribution < -0.4 is 40.5 Å². The van der Waals surface area contributed by atoms with Gasteiger partial charge < -0.3 is 11.2 Å². The van der Waals surface area contributed by atoms with E-state index in [0.717, 1.165) is 16.3 Å². The largest absolute Gasteiger partial charge is 1.00 e. The third-order valence-corrected chi connectivity index (χ3v) is 3.34. The van der Waals surface area contributed by atoms with Crippen LogP contribution in [0.25, 0.3) is 21.7 Å². The van der Waals surface area contributed by atoms with Crippen LogP contribution in [0.5, 0.6) is 0 Å². The average Bonchev–Trinajstić information content (AvgIpc) is 2.55. The van der Waals surface area contributed by atoms with Crippen LogP contribution in [-0.4, -0.2) is 9.77 Å². The van der Waals surface area contributed by atoms with Crippen molar-refractivity contribution in [3.05, 3.63) is 64.2 Å². The zero-order chi connectivity index (χ0) is 13.4. The van der Waals surface area contributed by atoms with Crippen LogP contribution in [-0.2, 0) is 7.05 Å². The number of aryl methyl sites for hydroxylation is 1. The smallest absolute Gasteiger partial charge is 1.00 e. The molecule has 20 heavy (non-hydrogen) atoms. The molecule has 0 amide bonds. The van der Waals surface area contributed by atoms with Gasteiger partial charge in [-0.05, 0) is 11.5 Å². The predicted octanol–water partition coefficient (Wildman–Crippen LogP) is -0.902. The van der Waals surface area contributed by atoms with Gasteiger partial charge in [0.05, 0.1) is 5.52 Å². The summed E-state index contributed by atoms with van der Waals surface area (Å²) < 4.78 is 1.50. The first-order chi connectivity index (χ1) is 9.24. The SMILES string of the molecule is Cn1c(=O)c(=NO)c2ccccc2c2ccccc21.[H-].[Na+]. The summed E-state index contributed by atoms with van der Waals surface area (Å²) in [6.45, 7) is 0. The third kappa shape index (κ3) is 2.16. The fraction of sp³-hybridized carbons (Fsp3) is 0.0667. The van der Waals surface area contributed by atoms with Gasteiger partial charge in [0.15, 0.2) is 5.36 Å². The topological polar surface area (TPSA) is 54.6 Å².